The molecular formula is C15H13BrN2O4. The molecule has 2 rings (SSSR count). The smallest absolute Gasteiger partial charge is 0.331 e. The number of benzene rings is 1. The van der Waals surface area contributed by atoms with Crippen LogP contribution in [-0.4, -0.2) is 36.4 Å². The summed E-state index contributed by atoms with van der Waals surface area (Å²) in [5.41, 5.74) is 0.521. The summed E-state index contributed by atoms with van der Waals surface area (Å²) in [5.74, 6) is -0.734. The predicted molar refractivity (Wildman–Crippen MR) is 84.1 cm³/mol. The molecule has 4 amide bonds. The SMILES string of the molecule is C=CCOc1ccc(/C=C2\C(=O)NC(=O)N(C)C2=O)cc1Br. The summed E-state index contributed by atoms with van der Waals surface area (Å²) in [6.07, 6.45) is 3.04. The molecule has 1 N–H and O–H groups in total. The molecule has 1 aromatic carbocycles. The molecule has 0 saturated carbocycles. The first-order valence-corrected chi connectivity index (χ1v) is 7.11. The van der Waals surface area contributed by atoms with Crippen molar-refractivity contribution in [2.75, 3.05) is 13.7 Å². The van der Waals surface area contributed by atoms with Crippen molar-refractivity contribution in [3.8, 4) is 5.75 Å². The van der Waals surface area contributed by atoms with Crippen molar-refractivity contribution >= 4 is 39.9 Å². The minimum atomic E-state index is -0.735. The second kappa shape index (κ2) is 6.57. The van der Waals surface area contributed by atoms with Crippen molar-refractivity contribution < 1.29 is 19.1 Å². The molecule has 114 valence electrons. The van der Waals surface area contributed by atoms with Gasteiger partial charge in [0.25, 0.3) is 11.8 Å². The monoisotopic (exact) mass is 364 g/mol. The Morgan fingerprint density at radius 2 is 2.09 bits per heavy atom. The van der Waals surface area contributed by atoms with Gasteiger partial charge in [-0.25, -0.2) is 4.79 Å². The lowest BCUT2D eigenvalue weighted by Crippen LogP contribution is -2.52. The van der Waals surface area contributed by atoms with E-state index in [1.807, 2.05) is 0 Å². The van der Waals surface area contributed by atoms with Crippen LogP contribution in [0.3, 0.4) is 0 Å². The highest BCUT2D eigenvalue weighted by Gasteiger charge is 2.32. The largest absolute Gasteiger partial charge is 0.488 e. The molecule has 7 heteroatoms. The first-order chi connectivity index (χ1) is 10.4. The predicted octanol–water partition coefficient (Wildman–Crippen LogP) is 2.11. The van der Waals surface area contributed by atoms with Crippen LogP contribution in [0.4, 0.5) is 4.79 Å². The minimum Gasteiger partial charge on any atom is -0.488 e. The molecule has 1 aliphatic rings. The molecule has 1 fully saturated rings. The van der Waals surface area contributed by atoms with Crippen molar-refractivity contribution in [2.45, 2.75) is 0 Å². The molecule has 22 heavy (non-hydrogen) atoms. The van der Waals surface area contributed by atoms with Gasteiger partial charge in [0, 0.05) is 7.05 Å². The van der Waals surface area contributed by atoms with E-state index < -0.39 is 17.8 Å². The maximum absolute atomic E-state index is 12.0. The Balaban J connectivity index is 2.30. The van der Waals surface area contributed by atoms with Gasteiger partial charge in [0.15, 0.2) is 0 Å². The van der Waals surface area contributed by atoms with Gasteiger partial charge in [0.05, 0.1) is 4.47 Å². The second-order valence-corrected chi connectivity index (χ2v) is 5.33. The van der Waals surface area contributed by atoms with E-state index in [1.54, 1.807) is 24.3 Å². The van der Waals surface area contributed by atoms with E-state index in [9.17, 15) is 14.4 Å². The summed E-state index contributed by atoms with van der Waals surface area (Å²) in [7, 11) is 1.31. The van der Waals surface area contributed by atoms with Crippen molar-refractivity contribution in [1.82, 2.24) is 10.2 Å². The highest BCUT2D eigenvalue weighted by atomic mass is 79.9. The second-order valence-electron chi connectivity index (χ2n) is 4.47. The van der Waals surface area contributed by atoms with E-state index >= 15 is 0 Å². The van der Waals surface area contributed by atoms with E-state index in [-0.39, 0.29) is 5.57 Å². The minimum absolute atomic E-state index is 0.103. The maximum atomic E-state index is 12.0. The quantitative estimate of drug-likeness (QED) is 0.504. The zero-order valence-electron chi connectivity index (χ0n) is 11.8. The summed E-state index contributed by atoms with van der Waals surface area (Å²) >= 11 is 3.36. The zero-order chi connectivity index (χ0) is 16.3. The van der Waals surface area contributed by atoms with Crippen LogP contribution in [0.25, 0.3) is 6.08 Å². The van der Waals surface area contributed by atoms with Gasteiger partial charge in [0.2, 0.25) is 0 Å². The first-order valence-electron chi connectivity index (χ1n) is 6.32. The van der Waals surface area contributed by atoms with Crippen LogP contribution < -0.4 is 10.1 Å². The van der Waals surface area contributed by atoms with Crippen LogP contribution in [-0.2, 0) is 9.59 Å². The van der Waals surface area contributed by atoms with Crippen molar-refractivity contribution in [3.63, 3.8) is 0 Å². The number of halogens is 1. The number of urea groups is 1. The number of likely N-dealkylation sites (N-methyl/N-ethyl adjacent to an activating group) is 1. The first kappa shape index (κ1) is 16.0. The Morgan fingerprint density at radius 1 is 1.36 bits per heavy atom. The molecule has 1 aliphatic heterocycles. The molecular weight excluding hydrogens is 352 g/mol. The van der Waals surface area contributed by atoms with E-state index in [2.05, 4.69) is 27.8 Å². The standard InChI is InChI=1S/C15H13BrN2O4/c1-3-6-22-12-5-4-9(8-11(12)16)7-10-13(19)17-15(21)18(2)14(10)20/h3-5,7-8H,1,6H2,2H3,(H,17,19,21)/b10-7+. The van der Waals surface area contributed by atoms with Gasteiger partial charge in [-0.2, -0.15) is 0 Å². The van der Waals surface area contributed by atoms with Crippen molar-refractivity contribution in [1.29, 1.82) is 0 Å². The molecule has 0 unspecified atom stereocenters. The van der Waals surface area contributed by atoms with Gasteiger partial charge in [0.1, 0.15) is 17.9 Å². The maximum Gasteiger partial charge on any atom is 0.331 e. The van der Waals surface area contributed by atoms with Gasteiger partial charge in [-0.05, 0) is 39.7 Å². The van der Waals surface area contributed by atoms with Crippen LogP contribution in [0, 0.1) is 0 Å². The van der Waals surface area contributed by atoms with E-state index in [0.717, 1.165) is 4.90 Å². The number of hydrogen-bond acceptors (Lipinski definition) is 4. The Kier molecular flexibility index (Phi) is 4.77. The molecule has 0 radical (unpaired) electrons. The third-order valence-electron chi connectivity index (χ3n) is 2.93. The van der Waals surface area contributed by atoms with E-state index in [0.29, 0.717) is 22.4 Å². The zero-order valence-corrected chi connectivity index (χ0v) is 13.3. The molecule has 0 bridgehead atoms. The van der Waals surface area contributed by atoms with Gasteiger partial charge < -0.3 is 4.74 Å². The van der Waals surface area contributed by atoms with E-state index in [1.165, 1.54) is 13.1 Å². The van der Waals surface area contributed by atoms with Gasteiger partial charge in [-0.3, -0.25) is 19.8 Å². The highest BCUT2D eigenvalue weighted by Crippen LogP contribution is 2.27. The lowest BCUT2D eigenvalue weighted by molar-refractivity contribution is -0.129. The molecule has 6 nitrogen and oxygen atoms in total. The van der Waals surface area contributed by atoms with Crippen LogP contribution in [0.5, 0.6) is 5.75 Å². The lowest BCUT2D eigenvalue weighted by atomic mass is 10.1. The average Bonchev–Trinajstić information content (AvgIpc) is 2.48. The molecule has 1 saturated heterocycles. The lowest BCUT2D eigenvalue weighted by Gasteiger charge is -2.22. The fourth-order valence-electron chi connectivity index (χ4n) is 1.78. The van der Waals surface area contributed by atoms with Gasteiger partial charge >= 0.3 is 6.03 Å². The number of rotatable bonds is 4. The Bertz CT molecular complexity index is 697. The Labute approximate surface area is 135 Å². The Hall–Kier alpha value is -2.41. The summed E-state index contributed by atoms with van der Waals surface area (Å²) in [4.78, 5) is 35.9. The molecule has 0 aromatic heterocycles. The number of imide groups is 2. The number of amides is 4. The van der Waals surface area contributed by atoms with Crippen LogP contribution >= 0.6 is 15.9 Å². The molecule has 1 aromatic rings. The normalized spacial score (nSPS) is 16.7. The summed E-state index contributed by atoms with van der Waals surface area (Å²) in [5, 5.41) is 2.10. The summed E-state index contributed by atoms with van der Waals surface area (Å²) in [6, 6.07) is 4.39. The third-order valence-corrected chi connectivity index (χ3v) is 3.55. The summed E-state index contributed by atoms with van der Waals surface area (Å²) < 4.78 is 6.10. The topological polar surface area (TPSA) is 75.7 Å². The Morgan fingerprint density at radius 3 is 2.73 bits per heavy atom. The van der Waals surface area contributed by atoms with Crippen molar-refractivity contribution in [3.05, 3.63) is 46.5 Å². The fraction of sp³-hybridized carbons (Fsp3) is 0.133. The van der Waals surface area contributed by atoms with Crippen molar-refractivity contribution in [2.24, 2.45) is 0 Å². The van der Waals surface area contributed by atoms with Crippen LogP contribution in [0.15, 0.2) is 40.9 Å². The molecule has 1 heterocycles. The van der Waals surface area contributed by atoms with Crippen LogP contribution in [0.1, 0.15) is 5.56 Å². The van der Waals surface area contributed by atoms with Gasteiger partial charge in [-0.15, -0.1) is 0 Å². The van der Waals surface area contributed by atoms with Gasteiger partial charge in [-0.1, -0.05) is 18.7 Å². The number of ether oxygens (including phenoxy) is 1. The number of barbiturate groups is 1. The fourth-order valence-corrected chi connectivity index (χ4v) is 2.30. The number of carbonyl (C=O) groups excluding carboxylic acids is 3. The molecule has 0 atom stereocenters. The third kappa shape index (κ3) is 3.25. The number of nitrogens with zero attached hydrogens (tertiary/aromatic N) is 1. The highest BCUT2D eigenvalue weighted by molar-refractivity contribution is 9.10. The van der Waals surface area contributed by atoms with E-state index in [4.69, 9.17) is 4.74 Å². The number of carbonyl (C=O) groups is 3. The number of nitrogens with one attached hydrogen (secondary N) is 1. The summed E-state index contributed by atoms with van der Waals surface area (Å²) in [6.45, 7) is 3.93. The molecule has 0 aliphatic carbocycles. The molecule has 0 spiro atoms. The number of hydrogen-bond donors (Lipinski definition) is 1. The average molecular weight is 365 g/mol. The van der Waals surface area contributed by atoms with Crippen LogP contribution in [0.2, 0.25) is 0 Å².